The topological polar surface area (TPSA) is 49.4 Å². The van der Waals surface area contributed by atoms with E-state index in [9.17, 15) is 9.59 Å². The van der Waals surface area contributed by atoms with E-state index in [2.05, 4.69) is 19.2 Å². The van der Waals surface area contributed by atoms with E-state index in [1.807, 2.05) is 23.6 Å². The minimum absolute atomic E-state index is 0.000402. The second-order valence-electron chi connectivity index (χ2n) is 6.41. The molecule has 2 aliphatic rings. The largest absolute Gasteiger partial charge is 0.343 e. The van der Waals surface area contributed by atoms with Gasteiger partial charge in [-0.15, -0.1) is 0 Å². The van der Waals surface area contributed by atoms with Crippen LogP contribution in [0.1, 0.15) is 40.0 Å². The van der Waals surface area contributed by atoms with Crippen LogP contribution < -0.4 is 5.32 Å². The Hall–Kier alpha value is -0.710. The number of hydrogen-bond donors (Lipinski definition) is 1. The number of thioether (sulfide) groups is 1. The highest BCUT2D eigenvalue weighted by atomic mass is 32.2. The summed E-state index contributed by atoms with van der Waals surface area (Å²) >= 11 is 1.99. The summed E-state index contributed by atoms with van der Waals surface area (Å²) in [6.07, 6.45) is 3.06. The maximum atomic E-state index is 12.6. The average molecular weight is 298 g/mol. The minimum atomic E-state index is -0.323. The molecule has 5 heteroatoms. The summed E-state index contributed by atoms with van der Waals surface area (Å²) in [4.78, 5) is 26.5. The highest BCUT2D eigenvalue weighted by Gasteiger charge is 2.39. The van der Waals surface area contributed by atoms with Crippen molar-refractivity contribution in [1.29, 1.82) is 0 Å². The standard InChI is InChI=1S/C15H26N2O2S/c1-10(2)8-13-15(19)17(11(3)14(18)16-13)9-12-4-6-20-7-5-12/h10-13H,4-9H2,1-3H3,(H,16,18). The first-order valence-electron chi connectivity index (χ1n) is 7.67. The normalized spacial score (nSPS) is 28.9. The summed E-state index contributed by atoms with van der Waals surface area (Å²) in [7, 11) is 0. The zero-order valence-electron chi connectivity index (χ0n) is 12.7. The van der Waals surface area contributed by atoms with Crippen molar-refractivity contribution in [2.75, 3.05) is 18.1 Å². The Balaban J connectivity index is 2.03. The van der Waals surface area contributed by atoms with Crippen molar-refractivity contribution in [3.8, 4) is 0 Å². The fraction of sp³-hybridized carbons (Fsp3) is 0.867. The molecule has 0 aromatic rings. The lowest BCUT2D eigenvalue weighted by atomic mass is 9.96. The van der Waals surface area contributed by atoms with Crippen molar-refractivity contribution in [3.63, 3.8) is 0 Å². The molecule has 0 saturated carbocycles. The van der Waals surface area contributed by atoms with Crippen molar-refractivity contribution in [3.05, 3.63) is 0 Å². The highest BCUT2D eigenvalue weighted by Crippen LogP contribution is 2.25. The van der Waals surface area contributed by atoms with Crippen LogP contribution in [0.4, 0.5) is 0 Å². The SMILES string of the molecule is CC(C)CC1NC(=O)C(C)N(CC2CCSCC2)C1=O. The predicted molar refractivity (Wildman–Crippen MR) is 82.6 cm³/mol. The Bertz CT molecular complexity index is 367. The smallest absolute Gasteiger partial charge is 0.245 e. The number of rotatable bonds is 4. The first kappa shape index (κ1) is 15.7. The molecule has 2 aliphatic heterocycles. The third kappa shape index (κ3) is 3.68. The van der Waals surface area contributed by atoms with Gasteiger partial charge in [0.15, 0.2) is 0 Å². The van der Waals surface area contributed by atoms with Gasteiger partial charge in [-0.2, -0.15) is 11.8 Å². The monoisotopic (exact) mass is 298 g/mol. The predicted octanol–water partition coefficient (Wildman–Crippen LogP) is 1.89. The van der Waals surface area contributed by atoms with Crippen LogP contribution in [-0.2, 0) is 9.59 Å². The number of amides is 2. The van der Waals surface area contributed by atoms with E-state index in [1.165, 1.54) is 11.5 Å². The van der Waals surface area contributed by atoms with E-state index in [4.69, 9.17) is 0 Å². The van der Waals surface area contributed by atoms with Gasteiger partial charge >= 0.3 is 0 Å². The minimum Gasteiger partial charge on any atom is -0.343 e. The van der Waals surface area contributed by atoms with E-state index < -0.39 is 0 Å². The van der Waals surface area contributed by atoms with Gasteiger partial charge in [0.25, 0.3) is 0 Å². The lowest BCUT2D eigenvalue weighted by molar-refractivity contribution is -0.149. The fourth-order valence-electron chi connectivity index (χ4n) is 2.97. The summed E-state index contributed by atoms with van der Waals surface area (Å²) in [5.74, 6) is 3.45. The van der Waals surface area contributed by atoms with Crippen LogP contribution in [0.2, 0.25) is 0 Å². The molecule has 2 fully saturated rings. The molecule has 2 heterocycles. The Morgan fingerprint density at radius 2 is 1.95 bits per heavy atom. The lowest BCUT2D eigenvalue weighted by Gasteiger charge is -2.40. The van der Waals surface area contributed by atoms with E-state index in [1.54, 1.807) is 0 Å². The molecule has 0 aromatic heterocycles. The quantitative estimate of drug-likeness (QED) is 0.862. The molecule has 2 saturated heterocycles. The van der Waals surface area contributed by atoms with Crippen molar-refractivity contribution in [2.24, 2.45) is 11.8 Å². The second-order valence-corrected chi connectivity index (χ2v) is 7.64. The van der Waals surface area contributed by atoms with E-state index in [0.717, 1.165) is 25.8 Å². The Morgan fingerprint density at radius 1 is 1.30 bits per heavy atom. The summed E-state index contributed by atoms with van der Waals surface area (Å²) < 4.78 is 0. The van der Waals surface area contributed by atoms with Crippen molar-refractivity contribution >= 4 is 23.6 Å². The molecule has 0 bridgehead atoms. The summed E-state index contributed by atoms with van der Waals surface area (Å²) in [6, 6.07) is -0.642. The Labute approximate surface area is 126 Å². The van der Waals surface area contributed by atoms with E-state index in [-0.39, 0.29) is 23.9 Å². The molecule has 2 unspecified atom stereocenters. The zero-order valence-corrected chi connectivity index (χ0v) is 13.5. The van der Waals surface area contributed by atoms with E-state index in [0.29, 0.717) is 11.8 Å². The van der Waals surface area contributed by atoms with Crippen LogP contribution in [0.5, 0.6) is 0 Å². The van der Waals surface area contributed by atoms with Gasteiger partial charge in [0, 0.05) is 6.54 Å². The second kappa shape index (κ2) is 6.83. The molecule has 0 aromatic carbocycles. The first-order valence-corrected chi connectivity index (χ1v) is 8.83. The summed E-state index contributed by atoms with van der Waals surface area (Å²) in [5, 5.41) is 2.88. The van der Waals surface area contributed by atoms with Crippen LogP contribution in [0.3, 0.4) is 0 Å². The van der Waals surface area contributed by atoms with Gasteiger partial charge in [-0.05, 0) is 49.5 Å². The fourth-order valence-corrected chi connectivity index (χ4v) is 4.18. The molecule has 0 aliphatic carbocycles. The van der Waals surface area contributed by atoms with Gasteiger partial charge in [-0.1, -0.05) is 13.8 Å². The van der Waals surface area contributed by atoms with Crippen LogP contribution in [0.15, 0.2) is 0 Å². The van der Waals surface area contributed by atoms with Crippen molar-refractivity contribution in [1.82, 2.24) is 10.2 Å². The Kier molecular flexibility index (Phi) is 5.35. The lowest BCUT2D eigenvalue weighted by Crippen LogP contribution is -2.63. The van der Waals surface area contributed by atoms with Gasteiger partial charge in [-0.25, -0.2) is 0 Å². The number of nitrogens with zero attached hydrogens (tertiary/aromatic N) is 1. The van der Waals surface area contributed by atoms with Crippen LogP contribution in [-0.4, -0.2) is 46.8 Å². The van der Waals surface area contributed by atoms with Gasteiger partial charge in [0.1, 0.15) is 12.1 Å². The maximum absolute atomic E-state index is 12.6. The molecule has 0 radical (unpaired) electrons. The molecule has 2 amide bonds. The summed E-state index contributed by atoms with van der Waals surface area (Å²) in [6.45, 7) is 6.76. The third-order valence-corrected chi connectivity index (χ3v) is 5.30. The first-order chi connectivity index (χ1) is 9.49. The van der Waals surface area contributed by atoms with Crippen LogP contribution >= 0.6 is 11.8 Å². The number of hydrogen-bond acceptors (Lipinski definition) is 3. The van der Waals surface area contributed by atoms with Gasteiger partial charge in [0.2, 0.25) is 11.8 Å². The molecule has 2 atom stereocenters. The van der Waals surface area contributed by atoms with Crippen molar-refractivity contribution < 1.29 is 9.59 Å². The van der Waals surface area contributed by atoms with Crippen LogP contribution in [0.25, 0.3) is 0 Å². The number of nitrogens with one attached hydrogen (secondary N) is 1. The number of carbonyl (C=O) groups is 2. The summed E-state index contributed by atoms with van der Waals surface area (Å²) in [5.41, 5.74) is 0. The van der Waals surface area contributed by atoms with Gasteiger partial charge in [-0.3, -0.25) is 9.59 Å². The molecule has 20 heavy (non-hydrogen) atoms. The van der Waals surface area contributed by atoms with Gasteiger partial charge in [0.05, 0.1) is 0 Å². The molecule has 2 rings (SSSR count). The van der Waals surface area contributed by atoms with Crippen molar-refractivity contribution in [2.45, 2.75) is 52.1 Å². The van der Waals surface area contributed by atoms with Gasteiger partial charge < -0.3 is 10.2 Å². The highest BCUT2D eigenvalue weighted by molar-refractivity contribution is 7.99. The molecule has 114 valence electrons. The zero-order chi connectivity index (χ0) is 14.7. The molecular weight excluding hydrogens is 272 g/mol. The molecule has 4 nitrogen and oxygen atoms in total. The molecule has 0 spiro atoms. The third-order valence-electron chi connectivity index (χ3n) is 4.25. The van der Waals surface area contributed by atoms with E-state index >= 15 is 0 Å². The molecular formula is C15H26N2O2S. The number of carbonyl (C=O) groups excluding carboxylic acids is 2. The molecule has 1 N–H and O–H groups in total. The van der Waals surface area contributed by atoms with Crippen LogP contribution in [0, 0.1) is 11.8 Å². The maximum Gasteiger partial charge on any atom is 0.245 e. The Morgan fingerprint density at radius 3 is 2.55 bits per heavy atom. The number of piperazine rings is 1. The average Bonchev–Trinajstić information content (AvgIpc) is 2.41.